The van der Waals surface area contributed by atoms with E-state index in [1.807, 2.05) is 22.7 Å². The van der Waals surface area contributed by atoms with Crippen LogP contribution in [0.2, 0.25) is 10.6 Å². The first-order valence-electron chi connectivity index (χ1n) is 6.42. The van der Waals surface area contributed by atoms with Gasteiger partial charge < -0.3 is 0 Å². The minimum atomic E-state index is 0.0598. The average Bonchev–Trinajstić information content (AvgIpc) is 2.77. The van der Waals surface area contributed by atoms with Crippen molar-refractivity contribution in [2.45, 2.75) is 43.1 Å². The van der Waals surface area contributed by atoms with E-state index in [-0.39, 0.29) is 6.29 Å². The van der Waals surface area contributed by atoms with Gasteiger partial charge in [0.05, 0.1) is 0 Å². The Bertz CT molecular complexity index is 427. The summed E-state index contributed by atoms with van der Waals surface area (Å²) in [4.78, 5) is 0. The zero-order valence-corrected chi connectivity index (χ0v) is 16.8. The second kappa shape index (κ2) is 9.29. The number of rotatable bonds is 7. The normalized spacial score (nSPS) is 19.7. The van der Waals surface area contributed by atoms with Crippen LogP contribution in [0, 0.1) is 3.14 Å². The van der Waals surface area contributed by atoms with Gasteiger partial charge in [0.25, 0.3) is 0 Å². The van der Waals surface area contributed by atoms with Crippen LogP contribution in [0.25, 0.3) is 0 Å². The minimum absolute atomic E-state index is 0.0598. The van der Waals surface area contributed by atoms with E-state index in [9.17, 15) is 0 Å². The summed E-state index contributed by atoms with van der Waals surface area (Å²) < 4.78 is 15.6. The van der Waals surface area contributed by atoms with Crippen molar-refractivity contribution in [3.05, 3.63) is 3.14 Å². The van der Waals surface area contributed by atoms with Crippen molar-refractivity contribution in [1.29, 1.82) is 0 Å². The van der Waals surface area contributed by atoms with E-state index in [0.717, 1.165) is 28.1 Å². The molecule has 1 atom stereocenters. The molecule has 1 aromatic rings. The van der Waals surface area contributed by atoms with Crippen LogP contribution < -0.4 is 7.55 Å². The third-order valence-electron chi connectivity index (χ3n) is 2.55. The van der Waals surface area contributed by atoms with Gasteiger partial charge >= 0.3 is 141 Å². The van der Waals surface area contributed by atoms with E-state index in [2.05, 4.69) is 6.92 Å². The first kappa shape index (κ1) is 16.6. The van der Waals surface area contributed by atoms with Crippen LogP contribution in [-0.2, 0) is 9.47 Å². The Morgan fingerprint density at radius 3 is 2.79 bits per heavy atom. The van der Waals surface area contributed by atoms with Crippen molar-refractivity contribution in [3.63, 3.8) is 0 Å². The number of hydrogen-bond donors (Lipinski definition) is 0. The molecule has 7 heteroatoms. The topological polar surface area (TPSA) is 18.5 Å². The maximum atomic E-state index is 5.79. The zero-order chi connectivity index (χ0) is 13.5. The first-order valence-corrected chi connectivity index (χ1v) is 12.6. The fourth-order valence-corrected chi connectivity index (χ4v) is 12.2. The molecule has 0 spiro atoms. The van der Waals surface area contributed by atoms with Crippen LogP contribution in [0.5, 0.6) is 0 Å². The zero-order valence-electron chi connectivity index (χ0n) is 10.9. The standard InChI is InChI=1S/C12H18O2S3Se2/c1-2-18-10-11(17-12(15)16-10)19-8-7-14-9-5-3-4-6-13-9/h9H,2-8H2,1H3. The summed E-state index contributed by atoms with van der Waals surface area (Å²) in [5, 5.41) is 2.41. The number of hydrogen-bond acceptors (Lipinski definition) is 5. The molecule has 1 aliphatic heterocycles. The van der Waals surface area contributed by atoms with E-state index in [0.29, 0.717) is 29.9 Å². The molecule has 19 heavy (non-hydrogen) atoms. The van der Waals surface area contributed by atoms with E-state index >= 15 is 0 Å². The molecular formula is C12H18O2S3Se2. The molecule has 0 bridgehead atoms. The Kier molecular flexibility index (Phi) is 8.11. The van der Waals surface area contributed by atoms with Gasteiger partial charge in [-0.15, -0.1) is 0 Å². The van der Waals surface area contributed by atoms with Crippen LogP contribution >= 0.6 is 34.9 Å². The number of ether oxygens (including phenoxy) is 2. The fraction of sp³-hybridized carbons (Fsp3) is 0.750. The fourth-order valence-electron chi connectivity index (χ4n) is 1.72. The molecule has 1 saturated heterocycles. The molecule has 2 rings (SSSR count). The van der Waals surface area contributed by atoms with Crippen LogP contribution in [-0.4, -0.2) is 49.4 Å². The van der Waals surface area contributed by atoms with Gasteiger partial charge in [-0.2, -0.15) is 0 Å². The van der Waals surface area contributed by atoms with E-state index in [1.165, 1.54) is 18.2 Å². The third-order valence-corrected chi connectivity index (χ3v) is 11.6. The summed E-state index contributed by atoms with van der Waals surface area (Å²) in [7, 11) is 0. The molecule has 0 saturated carbocycles. The Morgan fingerprint density at radius 1 is 1.32 bits per heavy atom. The molecule has 0 amide bonds. The van der Waals surface area contributed by atoms with Gasteiger partial charge in [-0.05, 0) is 0 Å². The quantitative estimate of drug-likeness (QED) is 0.363. The molecule has 1 fully saturated rings. The van der Waals surface area contributed by atoms with Crippen LogP contribution in [0.15, 0.2) is 0 Å². The van der Waals surface area contributed by atoms with Gasteiger partial charge in [0.2, 0.25) is 0 Å². The van der Waals surface area contributed by atoms with Crippen molar-refractivity contribution in [3.8, 4) is 0 Å². The summed E-state index contributed by atoms with van der Waals surface area (Å²) >= 11 is 10.1. The second-order valence-electron chi connectivity index (χ2n) is 3.98. The molecule has 2 nitrogen and oxygen atoms in total. The van der Waals surface area contributed by atoms with Gasteiger partial charge in [0, 0.05) is 0 Å². The van der Waals surface area contributed by atoms with Crippen molar-refractivity contribution in [2.75, 3.05) is 13.2 Å². The van der Waals surface area contributed by atoms with Crippen molar-refractivity contribution >= 4 is 72.4 Å². The van der Waals surface area contributed by atoms with Gasteiger partial charge in [-0.1, -0.05) is 0 Å². The van der Waals surface area contributed by atoms with Crippen LogP contribution in [0.3, 0.4) is 0 Å². The second-order valence-corrected chi connectivity index (χ2v) is 13.4. The SMILES string of the molecule is CC[Se]c1sc(=S)sc1[Se]CCOC1CCCCO1. The van der Waals surface area contributed by atoms with Crippen molar-refractivity contribution in [1.82, 2.24) is 0 Å². The monoisotopic (exact) mass is 450 g/mol. The predicted molar refractivity (Wildman–Crippen MR) is 88.6 cm³/mol. The average molecular weight is 448 g/mol. The van der Waals surface area contributed by atoms with Crippen LogP contribution in [0.1, 0.15) is 26.2 Å². The summed E-state index contributed by atoms with van der Waals surface area (Å²) in [5.74, 6) is 0. The summed E-state index contributed by atoms with van der Waals surface area (Å²) in [5.41, 5.74) is 0. The van der Waals surface area contributed by atoms with Gasteiger partial charge in [0.15, 0.2) is 0 Å². The van der Waals surface area contributed by atoms with Gasteiger partial charge in [0.1, 0.15) is 0 Å². The Morgan fingerprint density at radius 2 is 2.11 bits per heavy atom. The van der Waals surface area contributed by atoms with E-state index < -0.39 is 0 Å². The molecule has 108 valence electrons. The molecule has 0 N–H and O–H groups in total. The Balaban J connectivity index is 1.71. The molecule has 1 aliphatic rings. The Hall–Kier alpha value is 1.23. The summed E-state index contributed by atoms with van der Waals surface area (Å²) in [6, 6.07) is 0. The first-order chi connectivity index (χ1) is 9.29. The molecule has 1 unspecified atom stereocenters. The molecule has 0 radical (unpaired) electrons. The molecule has 2 heterocycles. The van der Waals surface area contributed by atoms with Crippen molar-refractivity contribution < 1.29 is 9.47 Å². The van der Waals surface area contributed by atoms with Crippen molar-refractivity contribution in [2.24, 2.45) is 0 Å². The Labute approximate surface area is 140 Å². The van der Waals surface area contributed by atoms with E-state index in [1.54, 1.807) is 7.55 Å². The summed E-state index contributed by atoms with van der Waals surface area (Å²) in [6.07, 6.45) is 3.55. The molecular weight excluding hydrogens is 430 g/mol. The molecule has 1 aromatic heterocycles. The molecule has 0 aliphatic carbocycles. The predicted octanol–water partition coefficient (Wildman–Crippen LogP) is 2.60. The summed E-state index contributed by atoms with van der Waals surface area (Å²) in [6.45, 7) is 3.96. The van der Waals surface area contributed by atoms with Crippen LogP contribution in [0.4, 0.5) is 0 Å². The van der Waals surface area contributed by atoms with Gasteiger partial charge in [-0.3, -0.25) is 0 Å². The maximum absolute atomic E-state index is 5.79. The molecule has 0 aromatic carbocycles. The van der Waals surface area contributed by atoms with Gasteiger partial charge in [-0.25, -0.2) is 0 Å². The third kappa shape index (κ3) is 5.85. The van der Waals surface area contributed by atoms with E-state index in [4.69, 9.17) is 21.7 Å².